The quantitative estimate of drug-likeness (QED) is 0.826. The van der Waals surface area contributed by atoms with Crippen molar-refractivity contribution in [2.45, 2.75) is 26.2 Å². The maximum Gasteiger partial charge on any atom is 0.242 e. The fraction of sp³-hybridized carbons (Fsp3) is 0.579. The van der Waals surface area contributed by atoms with Gasteiger partial charge in [0.05, 0.1) is 13.2 Å². The maximum atomic E-state index is 12.6. The Balaban J connectivity index is 1.53. The molecule has 1 spiro atoms. The first-order chi connectivity index (χ1) is 11.6. The van der Waals surface area contributed by atoms with Crippen LogP contribution in [0, 0.1) is 5.41 Å². The summed E-state index contributed by atoms with van der Waals surface area (Å²) >= 11 is 0. The van der Waals surface area contributed by atoms with E-state index < -0.39 is 0 Å². The number of nitrogens with zero attached hydrogens (tertiary/aromatic N) is 2. The van der Waals surface area contributed by atoms with Gasteiger partial charge in [-0.2, -0.15) is 0 Å². The number of hydrogen-bond acceptors (Lipinski definition) is 3. The Morgan fingerprint density at radius 1 is 1.25 bits per heavy atom. The number of rotatable bonds is 5. The Bertz CT molecular complexity index is 582. The summed E-state index contributed by atoms with van der Waals surface area (Å²) in [4.78, 5) is 28.1. The first kappa shape index (κ1) is 17.0. The van der Waals surface area contributed by atoms with Crippen molar-refractivity contribution in [1.82, 2.24) is 9.80 Å². The summed E-state index contributed by atoms with van der Waals surface area (Å²) in [5.41, 5.74) is 1.35. The van der Waals surface area contributed by atoms with E-state index in [0.717, 1.165) is 45.6 Å². The lowest BCUT2D eigenvalue weighted by Gasteiger charge is -2.26. The summed E-state index contributed by atoms with van der Waals surface area (Å²) in [5, 5.41) is 0. The molecule has 2 heterocycles. The SMILES string of the molecule is CC(=O)N(CCc1ccccc1)CC(=O)N1CC[C@]2(CCOC2)C1. The minimum absolute atomic E-state index is 0.0441. The Morgan fingerprint density at radius 3 is 2.71 bits per heavy atom. The third-order valence-electron chi connectivity index (χ3n) is 5.26. The molecule has 1 aromatic rings. The van der Waals surface area contributed by atoms with E-state index in [9.17, 15) is 9.59 Å². The molecule has 0 saturated carbocycles. The lowest BCUT2D eigenvalue weighted by Crippen LogP contribution is -2.43. The van der Waals surface area contributed by atoms with Crippen LogP contribution in [0.2, 0.25) is 0 Å². The first-order valence-electron chi connectivity index (χ1n) is 8.73. The average Bonchev–Trinajstić information content (AvgIpc) is 3.22. The van der Waals surface area contributed by atoms with Crippen LogP contribution in [-0.4, -0.2) is 61.0 Å². The standard InChI is InChI=1S/C19H26N2O3/c1-16(22)20(10-7-17-5-3-2-4-6-17)13-18(23)21-11-8-19(14-21)9-12-24-15-19/h2-6H,7-15H2,1H3/t19-/m0/s1. The predicted octanol–water partition coefficient (Wildman–Crippen LogP) is 1.72. The van der Waals surface area contributed by atoms with Crippen molar-refractivity contribution >= 4 is 11.8 Å². The van der Waals surface area contributed by atoms with Gasteiger partial charge in [0.2, 0.25) is 11.8 Å². The van der Waals surface area contributed by atoms with Gasteiger partial charge >= 0.3 is 0 Å². The summed E-state index contributed by atoms with van der Waals surface area (Å²) in [7, 11) is 0. The molecular formula is C19H26N2O3. The van der Waals surface area contributed by atoms with E-state index in [0.29, 0.717) is 6.54 Å². The number of ether oxygens (including phenoxy) is 1. The van der Waals surface area contributed by atoms with E-state index >= 15 is 0 Å². The van der Waals surface area contributed by atoms with Gasteiger partial charge in [0.15, 0.2) is 0 Å². The molecule has 5 heteroatoms. The summed E-state index contributed by atoms with van der Waals surface area (Å²) in [5.74, 6) is 0.0134. The van der Waals surface area contributed by atoms with Crippen LogP contribution in [-0.2, 0) is 20.7 Å². The minimum Gasteiger partial charge on any atom is -0.381 e. The van der Waals surface area contributed by atoms with E-state index in [1.54, 1.807) is 4.90 Å². The van der Waals surface area contributed by atoms with Gasteiger partial charge in [-0.3, -0.25) is 9.59 Å². The van der Waals surface area contributed by atoms with Gasteiger partial charge < -0.3 is 14.5 Å². The molecule has 1 atom stereocenters. The summed E-state index contributed by atoms with van der Waals surface area (Å²) in [6.07, 6.45) is 2.83. The second kappa shape index (κ2) is 7.34. The smallest absolute Gasteiger partial charge is 0.242 e. The fourth-order valence-corrected chi connectivity index (χ4v) is 3.64. The number of hydrogen-bond donors (Lipinski definition) is 0. The Kier molecular flexibility index (Phi) is 5.19. The van der Waals surface area contributed by atoms with E-state index in [2.05, 4.69) is 0 Å². The molecule has 24 heavy (non-hydrogen) atoms. The van der Waals surface area contributed by atoms with Crippen molar-refractivity contribution in [3.05, 3.63) is 35.9 Å². The molecule has 0 bridgehead atoms. The molecular weight excluding hydrogens is 304 g/mol. The highest BCUT2D eigenvalue weighted by Crippen LogP contribution is 2.38. The highest BCUT2D eigenvalue weighted by Gasteiger charge is 2.42. The van der Waals surface area contributed by atoms with Crippen LogP contribution in [0.5, 0.6) is 0 Å². The Labute approximate surface area is 143 Å². The second-order valence-corrected chi connectivity index (χ2v) is 7.04. The van der Waals surface area contributed by atoms with E-state index in [1.807, 2.05) is 35.2 Å². The predicted molar refractivity (Wildman–Crippen MR) is 91.5 cm³/mol. The lowest BCUT2D eigenvalue weighted by molar-refractivity contribution is -0.139. The van der Waals surface area contributed by atoms with Gasteiger partial charge in [-0.05, 0) is 24.8 Å². The van der Waals surface area contributed by atoms with Crippen molar-refractivity contribution in [1.29, 1.82) is 0 Å². The van der Waals surface area contributed by atoms with Crippen LogP contribution in [0.25, 0.3) is 0 Å². The molecule has 0 N–H and O–H groups in total. The maximum absolute atomic E-state index is 12.6. The van der Waals surface area contributed by atoms with E-state index in [-0.39, 0.29) is 23.8 Å². The van der Waals surface area contributed by atoms with Crippen molar-refractivity contribution in [2.24, 2.45) is 5.41 Å². The van der Waals surface area contributed by atoms with E-state index in [4.69, 9.17) is 4.74 Å². The number of amides is 2. The monoisotopic (exact) mass is 330 g/mol. The third kappa shape index (κ3) is 3.96. The zero-order valence-corrected chi connectivity index (χ0v) is 14.4. The first-order valence-corrected chi connectivity index (χ1v) is 8.73. The lowest BCUT2D eigenvalue weighted by atomic mass is 9.87. The molecule has 5 nitrogen and oxygen atoms in total. The largest absolute Gasteiger partial charge is 0.381 e. The van der Waals surface area contributed by atoms with Crippen molar-refractivity contribution in [3.63, 3.8) is 0 Å². The molecule has 2 saturated heterocycles. The fourth-order valence-electron chi connectivity index (χ4n) is 3.64. The van der Waals surface area contributed by atoms with Gasteiger partial charge in [0.1, 0.15) is 0 Å². The van der Waals surface area contributed by atoms with Crippen molar-refractivity contribution < 1.29 is 14.3 Å². The van der Waals surface area contributed by atoms with Gasteiger partial charge in [-0.25, -0.2) is 0 Å². The molecule has 0 radical (unpaired) electrons. The van der Waals surface area contributed by atoms with Crippen LogP contribution in [0.4, 0.5) is 0 Å². The number of carbonyl (C=O) groups is 2. The summed E-state index contributed by atoms with van der Waals surface area (Å²) in [6.45, 7) is 5.42. The molecule has 2 fully saturated rings. The molecule has 2 amide bonds. The van der Waals surface area contributed by atoms with Crippen LogP contribution >= 0.6 is 0 Å². The number of benzene rings is 1. The molecule has 1 aromatic carbocycles. The van der Waals surface area contributed by atoms with Crippen LogP contribution < -0.4 is 0 Å². The number of carbonyl (C=O) groups excluding carboxylic acids is 2. The second-order valence-electron chi connectivity index (χ2n) is 7.04. The molecule has 3 rings (SSSR count). The third-order valence-corrected chi connectivity index (χ3v) is 5.26. The zero-order chi connectivity index (χ0) is 17.0. The molecule has 0 aromatic heterocycles. The molecule has 2 aliphatic rings. The topological polar surface area (TPSA) is 49.9 Å². The number of likely N-dealkylation sites (tertiary alicyclic amines) is 1. The van der Waals surface area contributed by atoms with Gasteiger partial charge in [-0.1, -0.05) is 30.3 Å². The summed E-state index contributed by atoms with van der Waals surface area (Å²) in [6, 6.07) is 10.1. The highest BCUT2D eigenvalue weighted by atomic mass is 16.5. The van der Waals surface area contributed by atoms with Crippen LogP contribution in [0.1, 0.15) is 25.3 Å². The molecule has 0 unspecified atom stereocenters. The Hall–Kier alpha value is -1.88. The van der Waals surface area contributed by atoms with Crippen molar-refractivity contribution in [2.75, 3.05) is 39.4 Å². The van der Waals surface area contributed by atoms with E-state index in [1.165, 1.54) is 12.5 Å². The average molecular weight is 330 g/mol. The van der Waals surface area contributed by atoms with Gasteiger partial charge in [0.25, 0.3) is 0 Å². The van der Waals surface area contributed by atoms with Crippen LogP contribution in [0.3, 0.4) is 0 Å². The molecule has 2 aliphatic heterocycles. The Morgan fingerprint density at radius 2 is 2.04 bits per heavy atom. The van der Waals surface area contributed by atoms with Crippen LogP contribution in [0.15, 0.2) is 30.3 Å². The normalized spacial score (nSPS) is 23.0. The molecule has 0 aliphatic carbocycles. The zero-order valence-electron chi connectivity index (χ0n) is 14.4. The van der Waals surface area contributed by atoms with Gasteiger partial charge in [-0.15, -0.1) is 0 Å². The highest BCUT2D eigenvalue weighted by molar-refractivity contribution is 5.84. The summed E-state index contributed by atoms with van der Waals surface area (Å²) < 4.78 is 5.51. The minimum atomic E-state index is -0.0441. The van der Waals surface area contributed by atoms with Gasteiger partial charge in [0, 0.05) is 38.6 Å². The molecule has 130 valence electrons. The van der Waals surface area contributed by atoms with Crippen molar-refractivity contribution in [3.8, 4) is 0 Å².